The van der Waals surface area contributed by atoms with Crippen molar-refractivity contribution in [2.24, 2.45) is 0 Å². The molecule has 446 valence electrons. The van der Waals surface area contributed by atoms with E-state index in [0.29, 0.717) is 19.3 Å². The maximum atomic E-state index is 13.1. The van der Waals surface area contributed by atoms with Gasteiger partial charge in [0.25, 0.3) is 0 Å². The van der Waals surface area contributed by atoms with Gasteiger partial charge >= 0.3 is 23.9 Å². The Hall–Kier alpha value is -3.32. The van der Waals surface area contributed by atoms with Crippen LogP contribution in [-0.2, 0) is 42.9 Å². The number of carbonyl (C=O) groups is 4. The van der Waals surface area contributed by atoms with E-state index in [0.717, 1.165) is 103 Å². The molecule has 0 bridgehead atoms. The van der Waals surface area contributed by atoms with E-state index in [1.165, 1.54) is 128 Å². The zero-order chi connectivity index (χ0) is 56.1. The molecule has 6 unspecified atom stereocenters. The van der Waals surface area contributed by atoms with Crippen molar-refractivity contribution in [3.05, 3.63) is 48.6 Å². The van der Waals surface area contributed by atoms with E-state index in [4.69, 9.17) is 23.7 Å². The highest BCUT2D eigenvalue weighted by atomic mass is 16.7. The highest BCUT2D eigenvalue weighted by molar-refractivity contribution is 5.74. The van der Waals surface area contributed by atoms with Crippen molar-refractivity contribution in [3.63, 3.8) is 0 Å². The van der Waals surface area contributed by atoms with Crippen molar-refractivity contribution in [1.29, 1.82) is 0 Å². The summed E-state index contributed by atoms with van der Waals surface area (Å²) in [5, 5.41) is 31.5. The van der Waals surface area contributed by atoms with Crippen LogP contribution < -0.4 is 0 Å². The number of aliphatic hydroxyl groups is 2. The summed E-state index contributed by atoms with van der Waals surface area (Å²) in [7, 11) is 0. The molecule has 0 aliphatic carbocycles. The number of aliphatic hydroxyl groups excluding tert-OH is 2. The summed E-state index contributed by atoms with van der Waals surface area (Å²) in [5.41, 5.74) is 0. The molecule has 0 spiro atoms. The Kier molecular flexibility index (Phi) is 49.7. The van der Waals surface area contributed by atoms with Gasteiger partial charge in [-0.2, -0.15) is 0 Å². The summed E-state index contributed by atoms with van der Waals surface area (Å²) in [6.07, 6.45) is 52.2. The summed E-state index contributed by atoms with van der Waals surface area (Å²) >= 11 is 0. The third-order valence-corrected chi connectivity index (χ3v) is 14.4. The van der Waals surface area contributed by atoms with E-state index in [9.17, 15) is 34.5 Å². The van der Waals surface area contributed by atoms with E-state index in [1.807, 2.05) is 0 Å². The number of aliphatic carboxylic acids is 1. The molecule has 12 nitrogen and oxygen atoms in total. The highest BCUT2D eigenvalue weighted by Crippen LogP contribution is 2.27. The molecule has 6 atom stereocenters. The molecule has 1 heterocycles. The van der Waals surface area contributed by atoms with Gasteiger partial charge in [-0.25, -0.2) is 4.79 Å². The zero-order valence-corrected chi connectivity index (χ0v) is 49.2. The van der Waals surface area contributed by atoms with Crippen LogP contribution in [0.1, 0.15) is 290 Å². The van der Waals surface area contributed by atoms with E-state index in [2.05, 4.69) is 69.4 Å². The minimum atomic E-state index is -1.90. The number of rotatable bonds is 54. The average Bonchev–Trinajstić information content (AvgIpc) is 3.41. The molecule has 1 aliphatic rings. The van der Waals surface area contributed by atoms with Crippen LogP contribution in [0.25, 0.3) is 0 Å². The maximum absolute atomic E-state index is 13.1. The number of ether oxygens (including phenoxy) is 5. The SMILES string of the molecule is CC/C=C\C/C=C\C/C=C\CCCCCCCCCC(=O)OCC(COC1OC(C(=O)O)C(O)C(O)C1OC(=O)CCCCCCCCCCC/C=C\CCCCCCCC)OC(=O)CCCCCCCCCCCCC. The molecule has 77 heavy (non-hydrogen) atoms. The van der Waals surface area contributed by atoms with Crippen molar-refractivity contribution in [1.82, 2.24) is 0 Å². The van der Waals surface area contributed by atoms with Crippen LogP contribution in [0.4, 0.5) is 0 Å². The molecular weight excluding hydrogens is 973 g/mol. The number of unbranched alkanes of at least 4 members (excludes halogenated alkanes) is 32. The van der Waals surface area contributed by atoms with Gasteiger partial charge in [0, 0.05) is 19.3 Å². The normalized spacial score (nSPS) is 18.3. The van der Waals surface area contributed by atoms with Crippen LogP contribution in [0.3, 0.4) is 0 Å². The van der Waals surface area contributed by atoms with Crippen molar-refractivity contribution >= 4 is 23.9 Å². The van der Waals surface area contributed by atoms with Gasteiger partial charge in [0.05, 0.1) is 6.61 Å². The molecule has 0 radical (unpaired) electrons. The summed E-state index contributed by atoms with van der Waals surface area (Å²) in [5.74, 6) is -3.11. The Labute approximate surface area is 469 Å². The molecular formula is C65H114O12. The number of allylic oxidation sites excluding steroid dienone is 8. The predicted octanol–water partition coefficient (Wildman–Crippen LogP) is 16.6. The number of hydrogen-bond donors (Lipinski definition) is 3. The lowest BCUT2D eigenvalue weighted by atomic mass is 9.98. The second-order valence-corrected chi connectivity index (χ2v) is 21.7. The smallest absolute Gasteiger partial charge is 0.335 e. The first-order valence-electron chi connectivity index (χ1n) is 31.6. The summed E-state index contributed by atoms with van der Waals surface area (Å²) < 4.78 is 28.5. The van der Waals surface area contributed by atoms with Crippen LogP contribution in [0, 0.1) is 0 Å². The molecule has 1 rings (SSSR count). The fourth-order valence-corrected chi connectivity index (χ4v) is 9.56. The predicted molar refractivity (Wildman–Crippen MR) is 312 cm³/mol. The fraction of sp³-hybridized carbons (Fsp3) is 0.815. The molecule has 0 saturated carbocycles. The van der Waals surface area contributed by atoms with Gasteiger partial charge < -0.3 is 39.0 Å². The van der Waals surface area contributed by atoms with Crippen molar-refractivity contribution in [3.8, 4) is 0 Å². The van der Waals surface area contributed by atoms with Crippen LogP contribution in [0.5, 0.6) is 0 Å². The molecule has 1 fully saturated rings. The van der Waals surface area contributed by atoms with Gasteiger partial charge in [-0.15, -0.1) is 0 Å². The molecule has 1 aliphatic heterocycles. The van der Waals surface area contributed by atoms with Gasteiger partial charge in [0.15, 0.2) is 24.6 Å². The topological polar surface area (TPSA) is 175 Å². The summed E-state index contributed by atoms with van der Waals surface area (Å²) in [4.78, 5) is 51.2. The lowest BCUT2D eigenvalue weighted by Gasteiger charge is -2.40. The fourth-order valence-electron chi connectivity index (χ4n) is 9.56. The van der Waals surface area contributed by atoms with E-state index >= 15 is 0 Å². The third-order valence-electron chi connectivity index (χ3n) is 14.4. The highest BCUT2D eigenvalue weighted by Gasteiger charge is 2.50. The standard InChI is InChI=1S/C65H114O12/c1-4-7-10-13-16-19-22-24-26-28-29-31-33-35-38-41-44-47-50-53-59(68)76-63-61(70)60(69)62(64(71)72)77-65(63)74-55-56(75-58(67)52-49-46-43-40-36-21-18-15-12-9-6-3)54-73-57(66)51-48-45-42-39-37-34-32-30-27-25-23-20-17-14-11-8-5-2/h8,11,17,20,24-27,56,60-63,65,69-70H,4-7,9-10,12-16,18-19,21-23,28-55H2,1-3H3,(H,71,72)/b11-8-,20-17-,26-24-,27-25-. The van der Waals surface area contributed by atoms with Gasteiger partial charge in [0.1, 0.15) is 18.8 Å². The Bertz CT molecular complexity index is 1520. The first-order valence-corrected chi connectivity index (χ1v) is 31.6. The summed E-state index contributed by atoms with van der Waals surface area (Å²) in [6, 6.07) is 0. The molecule has 0 aromatic heterocycles. The Morgan fingerprint density at radius 1 is 0.442 bits per heavy atom. The second-order valence-electron chi connectivity index (χ2n) is 21.7. The van der Waals surface area contributed by atoms with Gasteiger partial charge in [-0.3, -0.25) is 14.4 Å². The number of carboxylic acids is 1. The largest absolute Gasteiger partial charge is 0.479 e. The van der Waals surface area contributed by atoms with E-state index in [1.54, 1.807) is 0 Å². The molecule has 12 heteroatoms. The maximum Gasteiger partial charge on any atom is 0.335 e. The van der Waals surface area contributed by atoms with Crippen molar-refractivity contribution in [2.75, 3.05) is 13.2 Å². The van der Waals surface area contributed by atoms with Gasteiger partial charge in [-0.1, -0.05) is 243 Å². The Balaban J connectivity index is 2.62. The zero-order valence-electron chi connectivity index (χ0n) is 49.2. The minimum Gasteiger partial charge on any atom is -0.479 e. The molecule has 0 amide bonds. The van der Waals surface area contributed by atoms with Crippen LogP contribution in [0.15, 0.2) is 48.6 Å². The van der Waals surface area contributed by atoms with E-state index < -0.39 is 67.3 Å². The first kappa shape index (κ1) is 71.7. The van der Waals surface area contributed by atoms with Crippen molar-refractivity contribution in [2.45, 2.75) is 327 Å². The monoisotopic (exact) mass is 1090 g/mol. The van der Waals surface area contributed by atoms with Gasteiger partial charge in [-0.05, 0) is 77.0 Å². The van der Waals surface area contributed by atoms with Crippen molar-refractivity contribution < 1.29 is 58.2 Å². The summed E-state index contributed by atoms with van der Waals surface area (Å²) in [6.45, 7) is 5.89. The number of carboxylic acid groups (broad SMARTS) is 1. The number of esters is 3. The van der Waals surface area contributed by atoms with Crippen LogP contribution in [-0.4, -0.2) is 89.2 Å². The molecule has 0 aromatic carbocycles. The first-order chi connectivity index (χ1) is 37.6. The quantitative estimate of drug-likeness (QED) is 0.0228. The molecule has 0 aromatic rings. The van der Waals surface area contributed by atoms with Gasteiger partial charge in [0.2, 0.25) is 0 Å². The van der Waals surface area contributed by atoms with Crippen LogP contribution in [0.2, 0.25) is 0 Å². The molecule has 3 N–H and O–H groups in total. The van der Waals surface area contributed by atoms with Crippen LogP contribution >= 0.6 is 0 Å². The average molecular weight is 1090 g/mol. The Morgan fingerprint density at radius 2 is 0.818 bits per heavy atom. The number of hydrogen-bond acceptors (Lipinski definition) is 11. The van der Waals surface area contributed by atoms with E-state index in [-0.39, 0.29) is 25.9 Å². The minimum absolute atomic E-state index is 0.0598. The Morgan fingerprint density at radius 3 is 1.26 bits per heavy atom. The third kappa shape index (κ3) is 43.2. The number of carbonyl (C=O) groups excluding carboxylic acids is 3. The second kappa shape index (κ2) is 53.3. The lowest BCUT2D eigenvalue weighted by Crippen LogP contribution is -2.61. The lowest BCUT2D eigenvalue weighted by molar-refractivity contribution is -0.301. The molecule has 1 saturated heterocycles.